The number of hydrogen-bond donors (Lipinski definition) is 1. The Morgan fingerprint density at radius 3 is 2.39 bits per heavy atom. The van der Waals surface area contributed by atoms with Gasteiger partial charge in [-0.3, -0.25) is 9.62 Å². The number of sulfonamides is 1. The van der Waals surface area contributed by atoms with Crippen molar-refractivity contribution in [2.45, 2.75) is 70.1 Å². The number of ether oxygens (including phenoxy) is 1. The van der Waals surface area contributed by atoms with E-state index < -0.39 is 22.8 Å². The third-order valence-corrected chi connectivity index (χ3v) is 8.02. The Bertz CT molecular complexity index is 1390. The summed E-state index contributed by atoms with van der Waals surface area (Å²) < 4.78 is 76.4. The van der Waals surface area contributed by atoms with Crippen LogP contribution in [0.15, 0.2) is 51.9 Å². The lowest BCUT2D eigenvalue weighted by atomic mass is 9.91. The largest absolute Gasteiger partial charge is 0.484 e. The number of halogens is 3. The van der Waals surface area contributed by atoms with E-state index >= 15 is 0 Å². The number of alkyl halides is 3. The Hall–Kier alpha value is -3.05. The average Bonchev–Trinajstić information content (AvgIpc) is 3.21. The fourth-order valence-corrected chi connectivity index (χ4v) is 5.70. The van der Waals surface area contributed by atoms with E-state index in [1.54, 1.807) is 31.2 Å². The molecule has 2 heterocycles. The first-order valence-corrected chi connectivity index (χ1v) is 13.8. The minimum atomic E-state index is -4.39. The van der Waals surface area contributed by atoms with E-state index in [0.29, 0.717) is 17.9 Å². The molecule has 0 saturated heterocycles. The number of nitrogens with one attached hydrogen (secondary N) is 1. The van der Waals surface area contributed by atoms with Gasteiger partial charge in [-0.25, -0.2) is 8.42 Å². The number of rotatable bonds is 7. The van der Waals surface area contributed by atoms with Crippen LogP contribution in [0.1, 0.15) is 61.8 Å². The molecule has 206 valence electrons. The zero-order chi connectivity index (χ0) is 27.9. The van der Waals surface area contributed by atoms with Crippen molar-refractivity contribution in [1.29, 1.82) is 0 Å². The second-order valence-corrected chi connectivity index (χ2v) is 12.3. The first-order valence-electron chi connectivity index (χ1n) is 12.3. The molecule has 4 rings (SSSR count). The van der Waals surface area contributed by atoms with Crippen molar-refractivity contribution < 1.29 is 30.8 Å². The topological polar surface area (TPSA) is 84.7 Å². The molecule has 0 saturated carbocycles. The fraction of sp³-hybridized carbons (Fsp3) is 0.444. The summed E-state index contributed by atoms with van der Waals surface area (Å²) in [5.74, 6) is 0.942. The van der Waals surface area contributed by atoms with Gasteiger partial charge in [0.25, 0.3) is 10.0 Å². The van der Waals surface area contributed by atoms with Gasteiger partial charge >= 0.3 is 6.18 Å². The van der Waals surface area contributed by atoms with Crippen LogP contribution >= 0.6 is 0 Å². The second-order valence-electron chi connectivity index (χ2n) is 10.6. The van der Waals surface area contributed by atoms with Crippen molar-refractivity contribution in [3.05, 3.63) is 70.5 Å². The van der Waals surface area contributed by atoms with Crippen molar-refractivity contribution in [2.75, 3.05) is 17.9 Å². The predicted octanol–water partition coefficient (Wildman–Crippen LogP) is 6.14. The molecule has 0 aliphatic carbocycles. The van der Waals surface area contributed by atoms with Gasteiger partial charge in [0.1, 0.15) is 11.5 Å². The summed E-state index contributed by atoms with van der Waals surface area (Å²) >= 11 is 0. The molecule has 0 fully saturated rings. The molecule has 1 unspecified atom stereocenters. The summed E-state index contributed by atoms with van der Waals surface area (Å²) in [6.07, 6.45) is -3.64. The van der Waals surface area contributed by atoms with Crippen molar-refractivity contribution in [3.8, 4) is 5.75 Å². The second kappa shape index (κ2) is 10.3. The average molecular weight is 552 g/mol. The number of aromatic nitrogens is 1. The third-order valence-electron chi connectivity index (χ3n) is 6.68. The third kappa shape index (κ3) is 6.32. The van der Waals surface area contributed by atoms with Crippen molar-refractivity contribution in [1.82, 2.24) is 10.1 Å². The highest BCUT2D eigenvalue weighted by molar-refractivity contribution is 7.92. The quantitative estimate of drug-likeness (QED) is 0.380. The Labute approximate surface area is 221 Å². The van der Waals surface area contributed by atoms with Crippen LogP contribution in [-0.2, 0) is 28.4 Å². The van der Waals surface area contributed by atoms with E-state index in [1.807, 2.05) is 33.8 Å². The summed E-state index contributed by atoms with van der Waals surface area (Å²) in [6, 6.07) is 11.7. The van der Waals surface area contributed by atoms with E-state index in [2.05, 4.69) is 14.8 Å². The Morgan fingerprint density at radius 2 is 1.79 bits per heavy atom. The molecule has 1 N–H and O–H groups in total. The van der Waals surface area contributed by atoms with Crippen LogP contribution in [0.3, 0.4) is 0 Å². The maximum absolute atomic E-state index is 13.2. The summed E-state index contributed by atoms with van der Waals surface area (Å²) in [5, 5.41) is 3.94. The standard InChI is InChI=1S/C27H32F3N3O4S/c1-17-24(26(3,4)5)37-31-25(17)32-38(34,35)23-11-8-20-12-13-33(15-21(20)14-23)18(2)19-6-9-22(10-7-19)36-16-27(28,29)30/h6-11,14,18H,12-13,15-16H2,1-5H3,(H,31,32). The molecule has 0 amide bonds. The van der Waals surface area contributed by atoms with Gasteiger partial charge in [0, 0.05) is 30.1 Å². The highest BCUT2D eigenvalue weighted by Gasteiger charge is 2.29. The Morgan fingerprint density at radius 1 is 1.11 bits per heavy atom. The number of benzene rings is 2. The fourth-order valence-electron chi connectivity index (χ4n) is 4.59. The van der Waals surface area contributed by atoms with Gasteiger partial charge in [-0.2, -0.15) is 13.2 Å². The van der Waals surface area contributed by atoms with Crippen molar-refractivity contribution >= 4 is 15.8 Å². The van der Waals surface area contributed by atoms with Crippen LogP contribution in [0.25, 0.3) is 0 Å². The minimum Gasteiger partial charge on any atom is -0.484 e. The molecule has 0 bridgehead atoms. The molecule has 1 atom stereocenters. The van der Waals surface area contributed by atoms with Gasteiger partial charge in [0.05, 0.1) is 4.90 Å². The number of hydrogen-bond acceptors (Lipinski definition) is 6. The maximum atomic E-state index is 13.2. The van der Waals surface area contributed by atoms with Crippen LogP contribution in [0, 0.1) is 6.92 Å². The molecule has 0 radical (unpaired) electrons. The molecular weight excluding hydrogens is 519 g/mol. The minimum absolute atomic E-state index is 0.0354. The van der Waals surface area contributed by atoms with Gasteiger partial charge < -0.3 is 9.26 Å². The summed E-state index contributed by atoms with van der Waals surface area (Å²) in [6.45, 7) is 9.64. The summed E-state index contributed by atoms with van der Waals surface area (Å²) in [4.78, 5) is 2.34. The van der Waals surface area contributed by atoms with Crippen LogP contribution in [0.2, 0.25) is 0 Å². The van der Waals surface area contributed by atoms with Gasteiger partial charge in [-0.15, -0.1) is 0 Å². The molecule has 1 aliphatic rings. The predicted molar refractivity (Wildman–Crippen MR) is 138 cm³/mol. The van der Waals surface area contributed by atoms with E-state index in [4.69, 9.17) is 9.26 Å². The highest BCUT2D eigenvalue weighted by Crippen LogP contribution is 2.33. The van der Waals surface area contributed by atoms with Crippen LogP contribution in [0.4, 0.5) is 19.0 Å². The normalized spacial score (nSPS) is 15.7. The van der Waals surface area contributed by atoms with Crippen LogP contribution in [-0.4, -0.2) is 37.8 Å². The molecule has 7 nitrogen and oxygen atoms in total. The maximum Gasteiger partial charge on any atom is 0.422 e. The smallest absolute Gasteiger partial charge is 0.422 e. The van der Waals surface area contributed by atoms with E-state index in [1.165, 1.54) is 12.1 Å². The van der Waals surface area contributed by atoms with Gasteiger partial charge in [0.2, 0.25) is 0 Å². The Kier molecular flexibility index (Phi) is 7.55. The summed E-state index contributed by atoms with van der Waals surface area (Å²) in [5.41, 5.74) is 3.24. The number of nitrogens with zero attached hydrogens (tertiary/aromatic N) is 2. The first kappa shape index (κ1) is 28.0. The van der Waals surface area contributed by atoms with E-state index in [0.717, 1.165) is 29.7 Å². The van der Waals surface area contributed by atoms with Gasteiger partial charge in [-0.05, 0) is 61.2 Å². The molecule has 11 heteroatoms. The lowest BCUT2D eigenvalue weighted by Crippen LogP contribution is -2.33. The summed E-state index contributed by atoms with van der Waals surface area (Å²) in [7, 11) is -3.90. The van der Waals surface area contributed by atoms with Gasteiger partial charge in [-0.1, -0.05) is 44.1 Å². The van der Waals surface area contributed by atoms with Crippen molar-refractivity contribution in [3.63, 3.8) is 0 Å². The van der Waals surface area contributed by atoms with E-state index in [-0.39, 0.29) is 27.9 Å². The molecule has 2 aromatic carbocycles. The zero-order valence-electron chi connectivity index (χ0n) is 22.0. The molecule has 38 heavy (non-hydrogen) atoms. The lowest BCUT2D eigenvalue weighted by molar-refractivity contribution is -0.153. The SMILES string of the molecule is Cc1c(NS(=O)(=O)c2ccc3c(c2)CN(C(C)c2ccc(OCC(F)(F)F)cc2)CC3)noc1C(C)(C)C. The molecule has 3 aromatic rings. The number of anilines is 1. The molecular formula is C27H32F3N3O4S. The van der Waals surface area contributed by atoms with Gasteiger partial charge in [0.15, 0.2) is 12.4 Å². The Balaban J connectivity index is 1.48. The first-order chi connectivity index (χ1) is 17.6. The number of fused-ring (bicyclic) bond motifs is 1. The van der Waals surface area contributed by atoms with Crippen LogP contribution in [0.5, 0.6) is 5.75 Å². The monoisotopic (exact) mass is 551 g/mol. The molecule has 0 spiro atoms. The zero-order valence-corrected chi connectivity index (χ0v) is 22.8. The van der Waals surface area contributed by atoms with E-state index in [9.17, 15) is 21.6 Å². The highest BCUT2D eigenvalue weighted by atomic mass is 32.2. The van der Waals surface area contributed by atoms with Crippen LogP contribution < -0.4 is 9.46 Å². The molecule has 1 aromatic heterocycles. The lowest BCUT2D eigenvalue weighted by Gasteiger charge is -2.34. The molecule has 1 aliphatic heterocycles. The van der Waals surface area contributed by atoms with Crippen molar-refractivity contribution in [2.24, 2.45) is 0 Å².